The van der Waals surface area contributed by atoms with Gasteiger partial charge < -0.3 is 15.0 Å². The highest BCUT2D eigenvalue weighted by Gasteiger charge is 2.29. The summed E-state index contributed by atoms with van der Waals surface area (Å²) < 4.78 is 5.41. The summed E-state index contributed by atoms with van der Waals surface area (Å²) in [4.78, 5) is 40.4. The lowest BCUT2D eigenvalue weighted by atomic mass is 9.85. The van der Waals surface area contributed by atoms with Crippen LogP contribution in [0.1, 0.15) is 83.0 Å². The van der Waals surface area contributed by atoms with Crippen LogP contribution in [0.3, 0.4) is 0 Å². The van der Waals surface area contributed by atoms with Crippen molar-refractivity contribution in [2.24, 2.45) is 11.8 Å². The molecule has 0 aromatic heterocycles. The fourth-order valence-corrected chi connectivity index (χ4v) is 5.08. The molecule has 8 nitrogen and oxygen atoms in total. The number of ether oxygens (including phenoxy) is 1. The molecule has 3 aliphatic heterocycles. The number of likely N-dealkylation sites (tertiary alicyclic amines) is 1. The highest BCUT2D eigenvalue weighted by Crippen LogP contribution is 2.32. The largest absolute Gasteiger partial charge is 0.495 e. The van der Waals surface area contributed by atoms with Crippen molar-refractivity contribution in [1.29, 1.82) is 0 Å². The fraction of sp³-hybridized carbons (Fsp3) is 0.679. The van der Waals surface area contributed by atoms with Gasteiger partial charge in [0.2, 0.25) is 5.91 Å². The molecule has 4 rings (SSSR count). The Labute approximate surface area is 217 Å². The van der Waals surface area contributed by atoms with Gasteiger partial charge in [0.1, 0.15) is 5.75 Å². The summed E-state index contributed by atoms with van der Waals surface area (Å²) in [5, 5.41) is 5.76. The number of nitrogens with zero attached hydrogens (tertiary/aromatic N) is 2. The third-order valence-corrected chi connectivity index (χ3v) is 7.11. The van der Waals surface area contributed by atoms with E-state index in [1.165, 1.54) is 37.7 Å². The average Bonchev–Trinajstić information content (AvgIpc) is 2.94. The van der Waals surface area contributed by atoms with Gasteiger partial charge >= 0.3 is 6.03 Å². The third-order valence-electron chi connectivity index (χ3n) is 7.11. The van der Waals surface area contributed by atoms with Crippen LogP contribution in [0.15, 0.2) is 18.2 Å². The molecule has 3 aliphatic rings. The maximum Gasteiger partial charge on any atom is 0.328 e. The average molecular weight is 503 g/mol. The smallest absolute Gasteiger partial charge is 0.328 e. The molecular weight excluding hydrogens is 456 g/mol. The quantitative estimate of drug-likeness (QED) is 0.582. The van der Waals surface area contributed by atoms with Crippen molar-refractivity contribution in [3.05, 3.63) is 23.8 Å². The zero-order valence-corrected chi connectivity index (χ0v) is 22.9. The van der Waals surface area contributed by atoms with E-state index in [0.717, 1.165) is 44.9 Å². The summed E-state index contributed by atoms with van der Waals surface area (Å²) >= 11 is 0. The van der Waals surface area contributed by atoms with E-state index in [9.17, 15) is 14.4 Å². The molecule has 1 aromatic carbocycles. The molecule has 4 amide bonds. The molecule has 0 bridgehead atoms. The number of carbonyl (C=O) groups is 3. The van der Waals surface area contributed by atoms with E-state index in [2.05, 4.69) is 10.6 Å². The van der Waals surface area contributed by atoms with Crippen molar-refractivity contribution in [2.45, 2.75) is 72.6 Å². The number of rotatable bonds is 6. The Bertz CT molecular complexity index is 846. The monoisotopic (exact) mass is 502 g/mol. The summed E-state index contributed by atoms with van der Waals surface area (Å²) in [5.41, 5.74) is 1.05. The van der Waals surface area contributed by atoms with E-state index in [0.29, 0.717) is 22.9 Å². The molecule has 8 heteroatoms. The molecule has 0 radical (unpaired) electrons. The molecule has 0 saturated carbocycles. The van der Waals surface area contributed by atoms with Crippen molar-refractivity contribution >= 4 is 23.5 Å². The highest BCUT2D eigenvalue weighted by molar-refractivity contribution is 6.07. The minimum Gasteiger partial charge on any atom is -0.495 e. The first kappa shape index (κ1) is 29.6. The molecule has 36 heavy (non-hydrogen) atoms. The van der Waals surface area contributed by atoms with E-state index >= 15 is 0 Å². The predicted octanol–water partition coefficient (Wildman–Crippen LogP) is 4.83. The van der Waals surface area contributed by atoms with Crippen LogP contribution < -0.4 is 20.3 Å². The van der Waals surface area contributed by atoms with Crippen LogP contribution in [0.2, 0.25) is 0 Å². The maximum absolute atomic E-state index is 13.2. The van der Waals surface area contributed by atoms with Gasteiger partial charge in [0, 0.05) is 31.6 Å². The predicted molar refractivity (Wildman–Crippen MR) is 145 cm³/mol. The SMILES string of the molecule is CC.CC.COc1ccc(C(=O)N2CCC(CCC3CCNCC3)CC2)cc1N1CCC(=O)NC1=O. The fourth-order valence-electron chi connectivity index (χ4n) is 5.08. The first-order valence-corrected chi connectivity index (χ1v) is 13.8. The molecule has 0 spiro atoms. The van der Waals surface area contributed by atoms with E-state index in [4.69, 9.17) is 4.74 Å². The zero-order chi connectivity index (χ0) is 26.5. The van der Waals surface area contributed by atoms with Gasteiger partial charge in [-0.25, -0.2) is 4.79 Å². The van der Waals surface area contributed by atoms with Gasteiger partial charge in [-0.1, -0.05) is 40.5 Å². The van der Waals surface area contributed by atoms with Crippen LogP contribution in [-0.4, -0.2) is 62.6 Å². The van der Waals surface area contributed by atoms with Crippen LogP contribution in [0.5, 0.6) is 5.75 Å². The molecule has 3 heterocycles. The van der Waals surface area contributed by atoms with Crippen LogP contribution in [0.4, 0.5) is 10.5 Å². The van der Waals surface area contributed by atoms with Gasteiger partial charge in [-0.05, 0) is 68.8 Å². The topological polar surface area (TPSA) is 91.0 Å². The Morgan fingerprint density at radius 1 is 0.944 bits per heavy atom. The Kier molecular flexibility index (Phi) is 12.7. The van der Waals surface area contributed by atoms with Gasteiger partial charge in [-0.3, -0.25) is 19.8 Å². The maximum atomic E-state index is 13.2. The van der Waals surface area contributed by atoms with Gasteiger partial charge in [-0.15, -0.1) is 0 Å². The molecule has 202 valence electrons. The summed E-state index contributed by atoms with van der Waals surface area (Å²) in [6, 6.07) is 4.69. The van der Waals surface area contributed by atoms with Crippen molar-refractivity contribution in [1.82, 2.24) is 15.5 Å². The van der Waals surface area contributed by atoms with Crippen LogP contribution in [0.25, 0.3) is 0 Å². The lowest BCUT2D eigenvalue weighted by Gasteiger charge is -2.33. The number of carbonyl (C=O) groups excluding carboxylic acids is 3. The summed E-state index contributed by atoms with van der Waals surface area (Å²) in [6.45, 7) is 12.1. The van der Waals surface area contributed by atoms with Gasteiger partial charge in [0.25, 0.3) is 5.91 Å². The number of urea groups is 1. The molecular formula is C28H46N4O4. The number of methoxy groups -OCH3 is 1. The number of amides is 4. The number of nitrogens with one attached hydrogen (secondary N) is 2. The minimum absolute atomic E-state index is 0.0146. The van der Waals surface area contributed by atoms with Gasteiger partial charge in [-0.2, -0.15) is 0 Å². The highest BCUT2D eigenvalue weighted by atomic mass is 16.5. The second kappa shape index (κ2) is 15.5. The number of benzene rings is 1. The molecule has 3 fully saturated rings. The lowest BCUT2D eigenvalue weighted by molar-refractivity contribution is -0.120. The minimum atomic E-state index is -0.487. The summed E-state index contributed by atoms with van der Waals surface area (Å²) in [5.74, 6) is 1.76. The van der Waals surface area contributed by atoms with E-state index < -0.39 is 6.03 Å². The summed E-state index contributed by atoms with van der Waals surface area (Å²) in [6.07, 6.45) is 7.48. The summed E-state index contributed by atoms with van der Waals surface area (Å²) in [7, 11) is 1.53. The van der Waals surface area contributed by atoms with E-state index in [1.807, 2.05) is 32.6 Å². The first-order chi connectivity index (χ1) is 17.5. The number of hydrogen-bond donors (Lipinski definition) is 2. The van der Waals surface area contributed by atoms with Crippen LogP contribution in [0, 0.1) is 11.8 Å². The number of hydrogen-bond acceptors (Lipinski definition) is 5. The van der Waals surface area contributed by atoms with Gasteiger partial charge in [0.05, 0.1) is 12.8 Å². The number of piperidine rings is 2. The molecule has 0 unspecified atom stereocenters. The lowest BCUT2D eigenvalue weighted by Crippen LogP contribution is -2.49. The van der Waals surface area contributed by atoms with E-state index in [1.54, 1.807) is 18.2 Å². The van der Waals surface area contributed by atoms with Crippen molar-refractivity contribution in [2.75, 3.05) is 44.7 Å². The molecule has 1 aromatic rings. The Balaban J connectivity index is 0.00000109. The number of imide groups is 1. The van der Waals surface area contributed by atoms with Crippen molar-refractivity contribution in [3.8, 4) is 5.75 Å². The Hall–Kier alpha value is -2.61. The first-order valence-electron chi connectivity index (χ1n) is 13.8. The Morgan fingerprint density at radius 2 is 1.56 bits per heavy atom. The molecule has 0 aliphatic carbocycles. The number of anilines is 1. The van der Waals surface area contributed by atoms with Crippen LogP contribution in [-0.2, 0) is 4.79 Å². The second-order valence-corrected chi connectivity index (χ2v) is 9.15. The van der Waals surface area contributed by atoms with Crippen molar-refractivity contribution in [3.63, 3.8) is 0 Å². The molecule has 0 atom stereocenters. The zero-order valence-electron chi connectivity index (χ0n) is 22.9. The van der Waals surface area contributed by atoms with Crippen LogP contribution >= 0.6 is 0 Å². The second-order valence-electron chi connectivity index (χ2n) is 9.15. The standard InChI is InChI=1S/C24H34N4O4.2C2H6/c1-32-21-5-4-19(16-20(21)28-15-10-22(29)26-24(28)31)23(30)27-13-8-18(9-14-27)3-2-17-6-11-25-12-7-17;2*1-2/h4-5,16-18,25H,2-3,6-15H2,1H3,(H,26,29,31);2*1-2H3. The van der Waals surface area contributed by atoms with Crippen molar-refractivity contribution < 1.29 is 19.1 Å². The normalized spacial score (nSPS) is 18.9. The molecule has 3 saturated heterocycles. The Morgan fingerprint density at radius 3 is 2.14 bits per heavy atom. The molecule has 2 N–H and O–H groups in total. The van der Waals surface area contributed by atoms with E-state index in [-0.39, 0.29) is 24.8 Å². The van der Waals surface area contributed by atoms with Gasteiger partial charge in [0.15, 0.2) is 0 Å². The third kappa shape index (κ3) is 7.95.